The van der Waals surface area contributed by atoms with E-state index in [1.807, 2.05) is 6.08 Å². The first-order valence-electron chi connectivity index (χ1n) is 7.18. The van der Waals surface area contributed by atoms with Gasteiger partial charge in [-0.25, -0.2) is 4.39 Å². The number of halogens is 1. The second-order valence-electron chi connectivity index (χ2n) is 5.29. The summed E-state index contributed by atoms with van der Waals surface area (Å²) in [5.41, 5.74) is 1.16. The summed E-state index contributed by atoms with van der Waals surface area (Å²) in [5, 5.41) is 13.6. The Morgan fingerprint density at radius 1 is 1.45 bits per heavy atom. The summed E-state index contributed by atoms with van der Waals surface area (Å²) < 4.78 is 14.2. The monoisotopic (exact) mass is 278 g/mol. The van der Waals surface area contributed by atoms with Crippen molar-refractivity contribution in [1.29, 1.82) is 0 Å². The van der Waals surface area contributed by atoms with E-state index in [1.165, 1.54) is 6.07 Å². The molecule has 0 saturated carbocycles. The van der Waals surface area contributed by atoms with Crippen molar-refractivity contribution in [2.24, 2.45) is 0 Å². The lowest BCUT2D eigenvalue weighted by atomic mass is 9.96. The summed E-state index contributed by atoms with van der Waals surface area (Å²) in [6.07, 6.45) is 3.43. The number of hydrogen-bond acceptors (Lipinski definition) is 3. The molecule has 1 fully saturated rings. The molecular weight excluding hydrogens is 255 g/mol. The number of piperazine rings is 1. The van der Waals surface area contributed by atoms with Crippen molar-refractivity contribution in [2.45, 2.75) is 25.8 Å². The van der Waals surface area contributed by atoms with Crippen LogP contribution < -0.4 is 5.32 Å². The number of phenolic OH excluding ortho intramolecular Hbond substituents is 1. The van der Waals surface area contributed by atoms with Crippen LogP contribution in [0, 0.1) is 12.7 Å². The van der Waals surface area contributed by atoms with E-state index in [4.69, 9.17) is 0 Å². The third-order valence-corrected chi connectivity index (χ3v) is 3.94. The minimum absolute atomic E-state index is 0.0880. The van der Waals surface area contributed by atoms with Crippen LogP contribution in [0.5, 0.6) is 5.75 Å². The van der Waals surface area contributed by atoms with Gasteiger partial charge in [0.1, 0.15) is 11.6 Å². The standard InChI is InChI=1S/C16H23FN2O/c1-3-4-5-14(19-10-8-18-9-11-19)15-13(17)7-6-12(2)16(15)20/h3,6-7,14,18,20H,1,4-5,8-11H2,2H3/t14-/m1/s1. The molecule has 1 aliphatic rings. The highest BCUT2D eigenvalue weighted by Gasteiger charge is 2.27. The second kappa shape index (κ2) is 6.86. The quantitative estimate of drug-likeness (QED) is 0.813. The maximum Gasteiger partial charge on any atom is 0.131 e. The molecule has 1 aromatic rings. The molecule has 1 aromatic carbocycles. The Kier molecular flexibility index (Phi) is 5.15. The molecule has 20 heavy (non-hydrogen) atoms. The average molecular weight is 278 g/mol. The van der Waals surface area contributed by atoms with E-state index in [0.717, 1.165) is 44.6 Å². The van der Waals surface area contributed by atoms with Crippen molar-refractivity contribution < 1.29 is 9.50 Å². The van der Waals surface area contributed by atoms with Crippen molar-refractivity contribution in [3.63, 3.8) is 0 Å². The lowest BCUT2D eigenvalue weighted by molar-refractivity contribution is 0.160. The maximum atomic E-state index is 14.2. The first-order valence-corrected chi connectivity index (χ1v) is 7.18. The van der Waals surface area contributed by atoms with Crippen LogP contribution in [0.15, 0.2) is 24.8 Å². The van der Waals surface area contributed by atoms with E-state index in [0.29, 0.717) is 5.56 Å². The van der Waals surface area contributed by atoms with Crippen molar-refractivity contribution >= 4 is 0 Å². The van der Waals surface area contributed by atoms with E-state index in [-0.39, 0.29) is 17.6 Å². The predicted molar refractivity (Wildman–Crippen MR) is 79.4 cm³/mol. The van der Waals surface area contributed by atoms with E-state index in [1.54, 1.807) is 13.0 Å². The fourth-order valence-corrected chi connectivity index (χ4v) is 2.79. The Morgan fingerprint density at radius 2 is 2.15 bits per heavy atom. The third kappa shape index (κ3) is 3.19. The van der Waals surface area contributed by atoms with Crippen molar-refractivity contribution in [2.75, 3.05) is 26.2 Å². The van der Waals surface area contributed by atoms with Crippen LogP contribution in [0.3, 0.4) is 0 Å². The summed E-state index contributed by atoms with van der Waals surface area (Å²) in [7, 11) is 0. The number of phenols is 1. The number of hydrogen-bond donors (Lipinski definition) is 2. The third-order valence-electron chi connectivity index (χ3n) is 3.94. The van der Waals surface area contributed by atoms with Gasteiger partial charge in [-0.2, -0.15) is 0 Å². The molecule has 1 heterocycles. The Bertz CT molecular complexity index is 470. The molecule has 2 N–H and O–H groups in total. The van der Waals surface area contributed by atoms with E-state index >= 15 is 0 Å². The highest BCUT2D eigenvalue weighted by atomic mass is 19.1. The number of nitrogens with zero attached hydrogens (tertiary/aromatic N) is 1. The van der Waals surface area contributed by atoms with Gasteiger partial charge in [-0.3, -0.25) is 4.90 Å². The predicted octanol–water partition coefficient (Wildman–Crippen LogP) is 2.75. The van der Waals surface area contributed by atoms with Crippen molar-refractivity contribution in [3.8, 4) is 5.75 Å². The first kappa shape index (κ1) is 15.0. The number of aryl methyl sites for hydroxylation is 1. The molecule has 1 aliphatic heterocycles. The van der Waals surface area contributed by atoms with Crippen LogP contribution in [-0.4, -0.2) is 36.2 Å². The molecule has 0 bridgehead atoms. The highest BCUT2D eigenvalue weighted by Crippen LogP contribution is 2.36. The summed E-state index contributed by atoms with van der Waals surface area (Å²) in [5.74, 6) is -0.224. The fraction of sp³-hybridized carbons (Fsp3) is 0.500. The van der Waals surface area contributed by atoms with Gasteiger partial charge in [0.2, 0.25) is 0 Å². The molecule has 0 amide bonds. The molecule has 110 valence electrons. The van der Waals surface area contributed by atoms with Gasteiger partial charge in [-0.05, 0) is 31.4 Å². The Balaban J connectivity index is 2.34. The molecule has 4 heteroatoms. The van der Waals surface area contributed by atoms with Crippen molar-refractivity contribution in [3.05, 3.63) is 41.7 Å². The van der Waals surface area contributed by atoms with Crippen LogP contribution in [0.25, 0.3) is 0 Å². The summed E-state index contributed by atoms with van der Waals surface area (Å²) in [4.78, 5) is 2.25. The maximum absolute atomic E-state index is 14.2. The zero-order valence-corrected chi connectivity index (χ0v) is 12.0. The lowest BCUT2D eigenvalue weighted by Gasteiger charge is -2.35. The number of allylic oxidation sites excluding steroid dienone is 1. The van der Waals surface area contributed by atoms with E-state index in [2.05, 4.69) is 16.8 Å². The van der Waals surface area contributed by atoms with Gasteiger partial charge in [0.25, 0.3) is 0 Å². The van der Waals surface area contributed by atoms with E-state index in [9.17, 15) is 9.50 Å². The summed E-state index contributed by atoms with van der Waals surface area (Å²) >= 11 is 0. The zero-order valence-electron chi connectivity index (χ0n) is 12.0. The van der Waals surface area contributed by atoms with Gasteiger partial charge in [0.15, 0.2) is 0 Å². The topological polar surface area (TPSA) is 35.5 Å². The number of benzene rings is 1. The van der Waals surface area contributed by atoms with Gasteiger partial charge in [0, 0.05) is 37.8 Å². The number of nitrogens with one attached hydrogen (secondary N) is 1. The molecule has 2 rings (SSSR count). The van der Waals surface area contributed by atoms with Crippen LogP contribution in [0.1, 0.15) is 30.0 Å². The van der Waals surface area contributed by atoms with E-state index < -0.39 is 0 Å². The van der Waals surface area contributed by atoms with Crippen LogP contribution in [-0.2, 0) is 0 Å². The number of aromatic hydroxyl groups is 1. The molecule has 1 saturated heterocycles. The molecule has 0 aromatic heterocycles. The molecule has 3 nitrogen and oxygen atoms in total. The fourth-order valence-electron chi connectivity index (χ4n) is 2.79. The average Bonchev–Trinajstić information content (AvgIpc) is 2.47. The normalized spacial score (nSPS) is 17.9. The Morgan fingerprint density at radius 3 is 2.80 bits per heavy atom. The molecular formula is C16H23FN2O. The highest BCUT2D eigenvalue weighted by molar-refractivity contribution is 5.42. The molecule has 0 radical (unpaired) electrons. The minimum Gasteiger partial charge on any atom is -0.507 e. The minimum atomic E-state index is -0.319. The largest absolute Gasteiger partial charge is 0.507 e. The summed E-state index contributed by atoms with van der Waals surface area (Å²) in [6, 6.07) is 2.99. The van der Waals surface area contributed by atoms with Crippen LogP contribution >= 0.6 is 0 Å². The van der Waals surface area contributed by atoms with Gasteiger partial charge in [-0.15, -0.1) is 6.58 Å². The lowest BCUT2D eigenvalue weighted by Crippen LogP contribution is -2.45. The van der Waals surface area contributed by atoms with Crippen LogP contribution in [0.4, 0.5) is 4.39 Å². The Hall–Kier alpha value is -1.39. The smallest absolute Gasteiger partial charge is 0.131 e. The van der Waals surface area contributed by atoms with Gasteiger partial charge < -0.3 is 10.4 Å². The first-order chi connectivity index (χ1) is 9.65. The van der Waals surface area contributed by atoms with Gasteiger partial charge in [0.05, 0.1) is 0 Å². The zero-order chi connectivity index (χ0) is 14.5. The van der Waals surface area contributed by atoms with Gasteiger partial charge in [-0.1, -0.05) is 12.1 Å². The molecule has 0 aliphatic carbocycles. The Labute approximate surface area is 120 Å². The SMILES string of the molecule is C=CCC[C@H](c1c(F)ccc(C)c1O)N1CCNCC1. The number of rotatable bonds is 5. The van der Waals surface area contributed by atoms with Crippen molar-refractivity contribution in [1.82, 2.24) is 10.2 Å². The molecule has 0 spiro atoms. The van der Waals surface area contributed by atoms with Crippen LogP contribution in [0.2, 0.25) is 0 Å². The second-order valence-corrected chi connectivity index (χ2v) is 5.29. The molecule has 0 unspecified atom stereocenters. The summed E-state index contributed by atoms with van der Waals surface area (Å²) in [6.45, 7) is 9.10. The van der Waals surface area contributed by atoms with Gasteiger partial charge >= 0.3 is 0 Å². The molecule has 1 atom stereocenters.